The molecule has 35 heavy (non-hydrogen) atoms. The van der Waals surface area contributed by atoms with Crippen molar-refractivity contribution in [2.75, 3.05) is 16.8 Å². The van der Waals surface area contributed by atoms with E-state index in [4.69, 9.17) is 11.5 Å². The first-order valence-corrected chi connectivity index (χ1v) is 11.3. The SMILES string of the molecule is CC(C)c1ccc(-c2c(C#N)c(N)nc3sc(C(=O)Nc4ccccc4C(F)(F)F)c(N)c23)cc1. The number of alkyl halides is 3. The van der Waals surface area contributed by atoms with Crippen molar-refractivity contribution < 1.29 is 18.0 Å². The Balaban J connectivity index is 1.86. The second-order valence-corrected chi connectivity index (χ2v) is 9.16. The van der Waals surface area contributed by atoms with Gasteiger partial charge in [0, 0.05) is 10.9 Å². The number of hydrogen-bond donors (Lipinski definition) is 3. The number of hydrogen-bond acceptors (Lipinski definition) is 6. The maximum absolute atomic E-state index is 13.4. The summed E-state index contributed by atoms with van der Waals surface area (Å²) in [5.74, 6) is -0.554. The molecule has 4 aromatic rings. The van der Waals surface area contributed by atoms with Crippen molar-refractivity contribution >= 4 is 44.7 Å². The predicted molar refractivity (Wildman–Crippen MR) is 132 cm³/mol. The Bertz CT molecular complexity index is 1480. The van der Waals surface area contributed by atoms with Crippen molar-refractivity contribution in [1.82, 2.24) is 4.98 Å². The van der Waals surface area contributed by atoms with Crippen molar-refractivity contribution in [2.45, 2.75) is 25.9 Å². The van der Waals surface area contributed by atoms with Gasteiger partial charge in [0.05, 0.1) is 16.9 Å². The fourth-order valence-corrected chi connectivity index (χ4v) is 4.80. The molecule has 0 saturated carbocycles. The quantitative estimate of drug-likeness (QED) is 0.303. The van der Waals surface area contributed by atoms with Crippen LogP contribution in [0.2, 0.25) is 0 Å². The van der Waals surface area contributed by atoms with Crippen LogP contribution in [0.15, 0.2) is 48.5 Å². The summed E-state index contributed by atoms with van der Waals surface area (Å²) in [6.07, 6.45) is -4.65. The summed E-state index contributed by atoms with van der Waals surface area (Å²) in [4.78, 5) is 17.5. The molecule has 6 nitrogen and oxygen atoms in total. The molecule has 0 bridgehead atoms. The number of aromatic nitrogens is 1. The highest BCUT2D eigenvalue weighted by atomic mass is 32.1. The summed E-state index contributed by atoms with van der Waals surface area (Å²) >= 11 is 0.896. The van der Waals surface area contributed by atoms with Crippen LogP contribution in [-0.4, -0.2) is 10.9 Å². The normalized spacial score (nSPS) is 11.6. The molecule has 178 valence electrons. The van der Waals surface area contributed by atoms with E-state index in [1.54, 1.807) is 0 Å². The molecule has 5 N–H and O–H groups in total. The number of nitrogens with one attached hydrogen (secondary N) is 1. The molecule has 0 spiro atoms. The molecule has 10 heteroatoms. The molecular weight excluding hydrogens is 475 g/mol. The van der Waals surface area contributed by atoms with Crippen LogP contribution >= 0.6 is 11.3 Å². The maximum atomic E-state index is 13.4. The lowest BCUT2D eigenvalue weighted by Crippen LogP contribution is -2.16. The first-order chi connectivity index (χ1) is 16.5. The molecule has 0 unspecified atom stereocenters. The fourth-order valence-electron chi connectivity index (χ4n) is 3.79. The van der Waals surface area contributed by atoms with E-state index in [9.17, 15) is 23.2 Å². The van der Waals surface area contributed by atoms with Crippen molar-refractivity contribution in [1.29, 1.82) is 5.26 Å². The number of pyridine rings is 1. The van der Waals surface area contributed by atoms with Crippen LogP contribution in [0.1, 0.15) is 46.1 Å². The molecule has 2 heterocycles. The molecule has 0 aliphatic carbocycles. The third-order valence-corrected chi connectivity index (χ3v) is 6.67. The van der Waals surface area contributed by atoms with E-state index in [2.05, 4.69) is 30.2 Å². The van der Waals surface area contributed by atoms with Gasteiger partial charge in [-0.1, -0.05) is 50.2 Å². The van der Waals surface area contributed by atoms with Gasteiger partial charge in [-0.2, -0.15) is 18.4 Å². The number of carbonyl (C=O) groups is 1. The largest absolute Gasteiger partial charge is 0.418 e. The van der Waals surface area contributed by atoms with Crippen LogP contribution in [0.25, 0.3) is 21.3 Å². The summed E-state index contributed by atoms with van der Waals surface area (Å²) in [7, 11) is 0. The van der Waals surface area contributed by atoms with Crippen LogP contribution in [-0.2, 0) is 6.18 Å². The Labute approximate surface area is 203 Å². The number of anilines is 3. The molecule has 0 radical (unpaired) electrons. The first-order valence-electron chi connectivity index (χ1n) is 10.5. The molecule has 4 rings (SSSR count). The van der Waals surface area contributed by atoms with E-state index in [0.717, 1.165) is 29.0 Å². The molecule has 1 amide bonds. The lowest BCUT2D eigenvalue weighted by atomic mass is 9.94. The Morgan fingerprint density at radius 1 is 1.11 bits per heavy atom. The molecule has 2 aromatic carbocycles. The number of nitrogen functional groups attached to an aromatic ring is 2. The average Bonchev–Trinajstić information content (AvgIpc) is 3.13. The molecule has 0 atom stereocenters. The molecule has 0 aliphatic rings. The summed E-state index contributed by atoms with van der Waals surface area (Å²) in [5, 5.41) is 12.4. The van der Waals surface area contributed by atoms with Gasteiger partial charge in [0.15, 0.2) is 0 Å². The van der Waals surface area contributed by atoms with E-state index in [-0.39, 0.29) is 21.9 Å². The summed E-state index contributed by atoms with van der Waals surface area (Å²) in [5.41, 5.74) is 13.3. The lowest BCUT2D eigenvalue weighted by molar-refractivity contribution is -0.136. The van der Waals surface area contributed by atoms with Crippen molar-refractivity contribution in [2.24, 2.45) is 0 Å². The van der Waals surface area contributed by atoms with Gasteiger partial charge in [-0.05, 0) is 29.2 Å². The smallest absolute Gasteiger partial charge is 0.397 e. The highest BCUT2D eigenvalue weighted by molar-refractivity contribution is 7.21. The zero-order valence-electron chi connectivity index (χ0n) is 18.7. The number of nitrogens with two attached hydrogens (primary N) is 2. The maximum Gasteiger partial charge on any atom is 0.418 e. The fraction of sp³-hybridized carbons (Fsp3) is 0.160. The molecule has 0 fully saturated rings. The number of nitrogens with zero attached hydrogens (tertiary/aromatic N) is 2. The van der Waals surface area contributed by atoms with E-state index in [1.165, 1.54) is 12.1 Å². The van der Waals surface area contributed by atoms with Gasteiger partial charge in [-0.25, -0.2) is 4.98 Å². The van der Waals surface area contributed by atoms with E-state index >= 15 is 0 Å². The highest BCUT2D eigenvalue weighted by Crippen LogP contribution is 2.43. The van der Waals surface area contributed by atoms with Crippen molar-refractivity contribution in [3.63, 3.8) is 0 Å². The number of rotatable bonds is 4. The number of fused-ring (bicyclic) bond motifs is 1. The molecule has 0 aliphatic heterocycles. The number of thiophene rings is 1. The second kappa shape index (κ2) is 8.92. The topological polar surface area (TPSA) is 118 Å². The Hall–Kier alpha value is -4.10. The highest BCUT2D eigenvalue weighted by Gasteiger charge is 2.34. The van der Waals surface area contributed by atoms with Gasteiger partial charge < -0.3 is 16.8 Å². The third kappa shape index (κ3) is 4.38. The van der Waals surface area contributed by atoms with Gasteiger partial charge in [-0.3, -0.25) is 4.79 Å². The van der Waals surface area contributed by atoms with Gasteiger partial charge >= 0.3 is 6.18 Å². The third-order valence-electron chi connectivity index (χ3n) is 5.57. The predicted octanol–water partition coefficient (Wildman–Crippen LogP) is 6.39. The molecular formula is C25H20F3N5OS. The van der Waals surface area contributed by atoms with Crippen LogP contribution in [0, 0.1) is 11.3 Å². The Morgan fingerprint density at radius 3 is 2.37 bits per heavy atom. The summed E-state index contributed by atoms with van der Waals surface area (Å²) in [6, 6.07) is 14.2. The average molecular weight is 496 g/mol. The molecule has 0 saturated heterocycles. The van der Waals surface area contributed by atoms with Crippen LogP contribution in [0.4, 0.5) is 30.4 Å². The minimum Gasteiger partial charge on any atom is -0.397 e. The Kier molecular flexibility index (Phi) is 6.13. The van der Waals surface area contributed by atoms with E-state index < -0.39 is 23.3 Å². The number of benzene rings is 2. The van der Waals surface area contributed by atoms with Crippen molar-refractivity contribution in [3.05, 3.63) is 70.1 Å². The standard InChI is InChI=1S/C25H20F3N5OS/c1-12(2)13-7-9-14(10-8-13)18-15(11-29)22(31)33-24-19(18)20(30)21(35-24)23(34)32-17-6-4-3-5-16(17)25(26,27)28/h3-10,12H,30H2,1-2H3,(H2,31,33)(H,32,34). The van der Waals surface area contributed by atoms with Crippen LogP contribution in [0.3, 0.4) is 0 Å². The monoisotopic (exact) mass is 495 g/mol. The van der Waals surface area contributed by atoms with Gasteiger partial charge in [0.1, 0.15) is 27.2 Å². The van der Waals surface area contributed by atoms with E-state index in [0.29, 0.717) is 27.3 Å². The number of carbonyl (C=O) groups excluding carboxylic acids is 1. The van der Waals surface area contributed by atoms with E-state index in [1.807, 2.05) is 24.3 Å². The number of amides is 1. The number of nitriles is 1. The zero-order chi connectivity index (χ0) is 25.5. The zero-order valence-corrected chi connectivity index (χ0v) is 19.5. The van der Waals surface area contributed by atoms with Crippen LogP contribution < -0.4 is 16.8 Å². The summed E-state index contributed by atoms with van der Waals surface area (Å²) < 4.78 is 40.1. The summed E-state index contributed by atoms with van der Waals surface area (Å²) in [6.45, 7) is 4.11. The number of halogens is 3. The van der Waals surface area contributed by atoms with Crippen LogP contribution in [0.5, 0.6) is 0 Å². The first kappa shape index (κ1) is 24.0. The minimum atomic E-state index is -4.65. The van der Waals surface area contributed by atoms with Gasteiger partial charge in [-0.15, -0.1) is 11.3 Å². The second-order valence-electron chi connectivity index (χ2n) is 8.16. The van der Waals surface area contributed by atoms with Crippen molar-refractivity contribution in [3.8, 4) is 17.2 Å². The molecule has 2 aromatic heterocycles. The van der Waals surface area contributed by atoms with Gasteiger partial charge in [0.2, 0.25) is 0 Å². The van der Waals surface area contributed by atoms with Gasteiger partial charge in [0.25, 0.3) is 5.91 Å². The number of para-hydroxylation sites is 1. The lowest BCUT2D eigenvalue weighted by Gasteiger charge is -2.13. The Morgan fingerprint density at radius 2 is 1.77 bits per heavy atom. The minimum absolute atomic E-state index is 0.0129.